The molecular weight excluding hydrogens is 354 g/mol. The zero-order valence-electron chi connectivity index (χ0n) is 12.8. The highest BCUT2D eigenvalue weighted by Gasteiger charge is 2.33. The predicted octanol–water partition coefficient (Wildman–Crippen LogP) is 3.10. The molecule has 0 unspecified atom stereocenters. The summed E-state index contributed by atoms with van der Waals surface area (Å²) in [7, 11) is 0. The summed E-state index contributed by atoms with van der Waals surface area (Å²) in [6.45, 7) is 0. The van der Waals surface area contributed by atoms with Crippen LogP contribution < -0.4 is 5.43 Å². The van der Waals surface area contributed by atoms with E-state index in [0.29, 0.717) is 16.0 Å². The molecule has 2 aromatic rings. The molecule has 0 spiro atoms. The summed E-state index contributed by atoms with van der Waals surface area (Å²) in [6.07, 6.45) is 1.68. The van der Waals surface area contributed by atoms with Gasteiger partial charge < -0.3 is 0 Å². The van der Waals surface area contributed by atoms with Gasteiger partial charge in [-0.3, -0.25) is 15.0 Å². The molecule has 0 radical (unpaired) electrons. The molecule has 0 atom stereocenters. The van der Waals surface area contributed by atoms with Crippen LogP contribution in [0.15, 0.2) is 59.5 Å². The summed E-state index contributed by atoms with van der Waals surface area (Å²) >= 11 is 6.30. The molecular formula is C18H11N3O2S2. The molecule has 0 bridgehead atoms. The van der Waals surface area contributed by atoms with Gasteiger partial charge in [-0.1, -0.05) is 42.1 Å². The van der Waals surface area contributed by atoms with Crippen molar-refractivity contribution < 1.29 is 9.59 Å². The Morgan fingerprint density at radius 3 is 2.48 bits per heavy atom. The van der Waals surface area contributed by atoms with E-state index in [4.69, 9.17) is 17.5 Å². The number of nitriles is 1. The summed E-state index contributed by atoms with van der Waals surface area (Å²) < 4.78 is 0.258. The van der Waals surface area contributed by atoms with E-state index in [1.807, 2.05) is 6.07 Å². The fraction of sp³-hybridized carbons (Fsp3) is 0. The van der Waals surface area contributed by atoms with Gasteiger partial charge in [0.1, 0.15) is 0 Å². The van der Waals surface area contributed by atoms with Crippen molar-refractivity contribution in [1.29, 1.82) is 5.26 Å². The number of nitrogens with one attached hydrogen (secondary N) is 1. The molecule has 1 saturated heterocycles. The van der Waals surface area contributed by atoms with Crippen LogP contribution in [0.4, 0.5) is 0 Å². The Morgan fingerprint density at radius 1 is 1.16 bits per heavy atom. The van der Waals surface area contributed by atoms with Gasteiger partial charge >= 0.3 is 0 Å². The van der Waals surface area contributed by atoms with Gasteiger partial charge in [0.25, 0.3) is 11.8 Å². The van der Waals surface area contributed by atoms with Gasteiger partial charge in [-0.2, -0.15) is 10.3 Å². The van der Waals surface area contributed by atoms with E-state index in [9.17, 15) is 9.59 Å². The number of rotatable bonds is 3. The Morgan fingerprint density at radius 2 is 1.84 bits per heavy atom. The number of benzene rings is 2. The van der Waals surface area contributed by atoms with Gasteiger partial charge in [-0.05, 0) is 48.1 Å². The highest BCUT2D eigenvalue weighted by molar-refractivity contribution is 8.26. The number of thiocarbonyl (C=S) groups is 1. The number of hydrogen-bond donors (Lipinski definition) is 1. The minimum absolute atomic E-state index is 0.258. The first kappa shape index (κ1) is 16.9. The Hall–Kier alpha value is -2.95. The van der Waals surface area contributed by atoms with Crippen LogP contribution >= 0.6 is 24.0 Å². The van der Waals surface area contributed by atoms with Gasteiger partial charge in [0.15, 0.2) is 4.32 Å². The first-order chi connectivity index (χ1) is 12.1. The van der Waals surface area contributed by atoms with Crippen LogP contribution in [0.25, 0.3) is 6.08 Å². The normalized spacial score (nSPS) is 15.3. The van der Waals surface area contributed by atoms with Crippen LogP contribution in [0.3, 0.4) is 0 Å². The molecule has 122 valence electrons. The van der Waals surface area contributed by atoms with E-state index in [0.717, 1.165) is 22.3 Å². The largest absolute Gasteiger partial charge is 0.285 e. The second-order valence-electron chi connectivity index (χ2n) is 5.06. The molecule has 1 fully saturated rings. The van der Waals surface area contributed by atoms with E-state index in [1.54, 1.807) is 60.7 Å². The SMILES string of the molecule is N#Cc1ccc(/C=C2/SC(=S)N(NC(=O)c3ccccc3)C2=O)cc1. The quantitative estimate of drug-likeness (QED) is 0.668. The lowest BCUT2D eigenvalue weighted by atomic mass is 10.1. The fourth-order valence-electron chi connectivity index (χ4n) is 2.12. The highest BCUT2D eigenvalue weighted by atomic mass is 32.2. The number of carbonyl (C=O) groups is 2. The van der Waals surface area contributed by atoms with E-state index in [-0.39, 0.29) is 10.2 Å². The Balaban J connectivity index is 1.76. The average Bonchev–Trinajstić information content (AvgIpc) is 2.90. The van der Waals surface area contributed by atoms with Crippen molar-refractivity contribution in [2.24, 2.45) is 0 Å². The summed E-state index contributed by atoms with van der Waals surface area (Å²) in [4.78, 5) is 25.1. The molecule has 1 heterocycles. The lowest BCUT2D eigenvalue weighted by Gasteiger charge is -2.15. The number of hydrogen-bond acceptors (Lipinski definition) is 5. The Kier molecular flexibility index (Phi) is 4.93. The molecule has 2 aromatic carbocycles. The predicted molar refractivity (Wildman–Crippen MR) is 100 cm³/mol. The van der Waals surface area contributed by atoms with Crippen molar-refractivity contribution in [1.82, 2.24) is 10.4 Å². The Labute approximate surface area is 153 Å². The van der Waals surface area contributed by atoms with Crippen molar-refractivity contribution in [3.05, 3.63) is 76.2 Å². The summed E-state index contributed by atoms with van der Waals surface area (Å²) in [5.41, 5.74) is 4.28. The van der Waals surface area contributed by atoms with E-state index < -0.39 is 5.91 Å². The Bertz CT molecular complexity index is 916. The maximum Gasteiger partial charge on any atom is 0.285 e. The summed E-state index contributed by atoms with van der Waals surface area (Å²) in [6, 6.07) is 17.5. The van der Waals surface area contributed by atoms with Gasteiger partial charge in [-0.15, -0.1) is 0 Å². The second-order valence-corrected chi connectivity index (χ2v) is 6.73. The molecule has 1 N–H and O–H groups in total. The lowest BCUT2D eigenvalue weighted by Crippen LogP contribution is -2.44. The van der Waals surface area contributed by atoms with Gasteiger partial charge in [0, 0.05) is 5.56 Å². The third kappa shape index (κ3) is 3.76. The molecule has 7 heteroatoms. The minimum atomic E-state index is -0.406. The van der Waals surface area contributed by atoms with Crippen molar-refractivity contribution in [3.8, 4) is 6.07 Å². The fourth-order valence-corrected chi connectivity index (χ4v) is 3.30. The number of amides is 2. The second kappa shape index (κ2) is 7.30. The molecule has 1 aliphatic heterocycles. The van der Waals surface area contributed by atoms with Crippen molar-refractivity contribution in [2.45, 2.75) is 0 Å². The number of carbonyl (C=O) groups excluding carboxylic acids is 2. The molecule has 0 aliphatic carbocycles. The summed E-state index contributed by atoms with van der Waals surface area (Å²) in [5.74, 6) is -0.792. The van der Waals surface area contributed by atoms with Crippen LogP contribution in [0, 0.1) is 11.3 Å². The monoisotopic (exact) mass is 365 g/mol. The van der Waals surface area contributed by atoms with Crippen molar-refractivity contribution >= 4 is 46.2 Å². The molecule has 0 saturated carbocycles. The van der Waals surface area contributed by atoms with Crippen molar-refractivity contribution in [2.75, 3.05) is 0 Å². The molecule has 1 aliphatic rings. The number of nitrogens with zero attached hydrogens (tertiary/aromatic N) is 2. The van der Waals surface area contributed by atoms with Crippen LogP contribution in [0.2, 0.25) is 0 Å². The van der Waals surface area contributed by atoms with Crippen LogP contribution in [0.5, 0.6) is 0 Å². The number of thioether (sulfide) groups is 1. The molecule has 0 aromatic heterocycles. The van der Waals surface area contributed by atoms with Crippen LogP contribution in [-0.2, 0) is 4.79 Å². The maximum absolute atomic E-state index is 12.5. The molecule has 3 rings (SSSR count). The zero-order valence-corrected chi connectivity index (χ0v) is 14.4. The molecule has 25 heavy (non-hydrogen) atoms. The third-order valence-electron chi connectivity index (χ3n) is 3.38. The highest BCUT2D eigenvalue weighted by Crippen LogP contribution is 2.31. The van der Waals surface area contributed by atoms with Crippen LogP contribution in [-0.4, -0.2) is 21.1 Å². The van der Waals surface area contributed by atoms with Gasteiger partial charge in [-0.25, -0.2) is 0 Å². The van der Waals surface area contributed by atoms with Gasteiger partial charge in [0.05, 0.1) is 16.5 Å². The first-order valence-corrected chi connectivity index (χ1v) is 8.45. The average molecular weight is 365 g/mol. The summed E-state index contributed by atoms with van der Waals surface area (Å²) in [5, 5.41) is 9.89. The van der Waals surface area contributed by atoms with E-state index in [1.165, 1.54) is 0 Å². The topological polar surface area (TPSA) is 73.2 Å². The van der Waals surface area contributed by atoms with E-state index >= 15 is 0 Å². The number of hydrazine groups is 1. The van der Waals surface area contributed by atoms with Gasteiger partial charge in [0.2, 0.25) is 0 Å². The minimum Gasteiger partial charge on any atom is -0.267 e. The molecule has 5 nitrogen and oxygen atoms in total. The zero-order chi connectivity index (χ0) is 17.8. The first-order valence-electron chi connectivity index (χ1n) is 7.22. The van der Waals surface area contributed by atoms with E-state index in [2.05, 4.69) is 5.43 Å². The van der Waals surface area contributed by atoms with Crippen LogP contribution in [0.1, 0.15) is 21.5 Å². The smallest absolute Gasteiger partial charge is 0.267 e. The maximum atomic E-state index is 12.5. The standard InChI is InChI=1S/C18H11N3O2S2/c19-11-13-8-6-12(7-9-13)10-15-17(23)21(18(24)25-15)20-16(22)14-4-2-1-3-5-14/h1-10H,(H,20,22)/b15-10+. The van der Waals surface area contributed by atoms with Crippen molar-refractivity contribution in [3.63, 3.8) is 0 Å². The molecule has 2 amide bonds. The lowest BCUT2D eigenvalue weighted by molar-refractivity contribution is -0.123. The third-order valence-corrected chi connectivity index (χ3v) is 4.68.